The highest BCUT2D eigenvalue weighted by molar-refractivity contribution is 5.67. The number of aliphatic hydroxyl groups is 2. The number of fused-ring (bicyclic) bond motifs is 3. The number of aliphatic carboxylic acids is 1. The van der Waals surface area contributed by atoms with Crippen LogP contribution in [0.3, 0.4) is 0 Å². The second-order valence-electron chi connectivity index (χ2n) is 6.89. The fourth-order valence-electron chi connectivity index (χ4n) is 3.52. The molecule has 1 aromatic carbocycles. The topological polar surface area (TPSA) is 87.0 Å². The van der Waals surface area contributed by atoms with E-state index >= 15 is 0 Å². The van der Waals surface area contributed by atoms with E-state index in [4.69, 9.17) is 14.9 Å². The molecule has 4 unspecified atom stereocenters. The van der Waals surface area contributed by atoms with E-state index in [1.54, 1.807) is 6.92 Å². The first-order valence-corrected chi connectivity index (χ1v) is 9.34. The van der Waals surface area contributed by atoms with Crippen molar-refractivity contribution >= 4 is 5.97 Å². The molecule has 3 rings (SSSR count). The standard InChI is InChI=1S/C14H16O4.C8H12O/c15-9-6-11-10-3-1-2-8(4-5-13(16)17)14(10)18-12(11)7-9;1-3-5-6-7-8(9)4-2/h1-3,9,11-12,15H,4-7H2,(H,16,17);4,8-9H,2,6-7H2,1H3. The van der Waals surface area contributed by atoms with Crippen LogP contribution < -0.4 is 4.74 Å². The molecule has 0 saturated heterocycles. The van der Waals surface area contributed by atoms with Gasteiger partial charge >= 0.3 is 5.97 Å². The summed E-state index contributed by atoms with van der Waals surface area (Å²) in [5.41, 5.74) is 2.11. The Morgan fingerprint density at radius 3 is 2.89 bits per heavy atom. The molecule has 4 atom stereocenters. The molecule has 1 saturated carbocycles. The molecule has 0 radical (unpaired) electrons. The molecular formula is C22H28O5. The van der Waals surface area contributed by atoms with Gasteiger partial charge in [0.05, 0.1) is 12.2 Å². The summed E-state index contributed by atoms with van der Waals surface area (Å²) in [6.07, 6.45) is 4.45. The molecule has 27 heavy (non-hydrogen) atoms. The number of carboxylic acid groups (broad SMARTS) is 1. The minimum Gasteiger partial charge on any atom is -0.489 e. The molecule has 0 aromatic heterocycles. The predicted molar refractivity (Wildman–Crippen MR) is 104 cm³/mol. The SMILES string of the molecule is C=CC(O)CCC#CC.O=C(O)CCc1cccc2c1OC1CC(O)CC21. The average Bonchev–Trinajstić information content (AvgIpc) is 3.17. The highest BCUT2D eigenvalue weighted by Crippen LogP contribution is 2.48. The van der Waals surface area contributed by atoms with Crippen LogP contribution in [0.1, 0.15) is 56.1 Å². The van der Waals surface area contributed by atoms with Crippen LogP contribution in [0, 0.1) is 11.8 Å². The molecule has 3 N–H and O–H groups in total. The third-order valence-corrected chi connectivity index (χ3v) is 4.90. The van der Waals surface area contributed by atoms with E-state index in [0.29, 0.717) is 19.3 Å². The van der Waals surface area contributed by atoms with Crippen LogP contribution in [0.25, 0.3) is 0 Å². The number of hydrogen-bond donors (Lipinski definition) is 3. The van der Waals surface area contributed by atoms with Crippen molar-refractivity contribution in [2.24, 2.45) is 0 Å². The Balaban J connectivity index is 0.000000249. The maximum absolute atomic E-state index is 10.6. The number of aryl methyl sites for hydroxylation is 1. The number of para-hydroxylation sites is 1. The maximum atomic E-state index is 10.6. The third kappa shape index (κ3) is 5.85. The lowest BCUT2D eigenvalue weighted by atomic mass is 9.95. The Bertz CT molecular complexity index is 715. The molecule has 146 valence electrons. The maximum Gasteiger partial charge on any atom is 0.303 e. The summed E-state index contributed by atoms with van der Waals surface area (Å²) in [5.74, 6) is 5.96. The molecule has 1 aliphatic carbocycles. The van der Waals surface area contributed by atoms with E-state index in [0.717, 1.165) is 29.7 Å². The van der Waals surface area contributed by atoms with Gasteiger partial charge in [-0.3, -0.25) is 4.79 Å². The predicted octanol–water partition coefficient (Wildman–Crippen LogP) is 3.04. The zero-order chi connectivity index (χ0) is 19.8. The number of ether oxygens (including phenoxy) is 1. The second-order valence-corrected chi connectivity index (χ2v) is 6.89. The van der Waals surface area contributed by atoms with Gasteiger partial charge in [-0.15, -0.1) is 18.4 Å². The minimum atomic E-state index is -0.791. The number of benzene rings is 1. The summed E-state index contributed by atoms with van der Waals surface area (Å²) in [7, 11) is 0. The Kier molecular flexibility index (Phi) is 7.90. The van der Waals surface area contributed by atoms with Crippen molar-refractivity contribution < 1.29 is 24.9 Å². The Hall–Kier alpha value is -2.29. The van der Waals surface area contributed by atoms with Gasteiger partial charge in [0.1, 0.15) is 11.9 Å². The number of rotatable bonds is 6. The molecule has 0 bridgehead atoms. The van der Waals surface area contributed by atoms with Crippen LogP contribution in [-0.4, -0.2) is 39.6 Å². The highest BCUT2D eigenvalue weighted by Gasteiger charge is 2.42. The molecule has 0 amide bonds. The zero-order valence-electron chi connectivity index (χ0n) is 15.7. The first kappa shape index (κ1) is 21.0. The van der Waals surface area contributed by atoms with Crippen molar-refractivity contribution in [3.63, 3.8) is 0 Å². The number of aliphatic hydroxyl groups excluding tert-OH is 2. The van der Waals surface area contributed by atoms with Gasteiger partial charge < -0.3 is 20.1 Å². The summed E-state index contributed by atoms with van der Waals surface area (Å²) in [6.45, 7) is 5.23. The molecule has 1 heterocycles. The Morgan fingerprint density at radius 2 is 2.22 bits per heavy atom. The summed E-state index contributed by atoms with van der Waals surface area (Å²) in [4.78, 5) is 10.6. The van der Waals surface area contributed by atoms with Crippen molar-refractivity contribution in [3.05, 3.63) is 42.0 Å². The molecular weight excluding hydrogens is 344 g/mol. The van der Waals surface area contributed by atoms with E-state index in [2.05, 4.69) is 18.4 Å². The molecule has 1 fully saturated rings. The van der Waals surface area contributed by atoms with E-state index in [1.807, 2.05) is 18.2 Å². The van der Waals surface area contributed by atoms with Gasteiger partial charge in [0.2, 0.25) is 0 Å². The van der Waals surface area contributed by atoms with Crippen molar-refractivity contribution in [1.82, 2.24) is 0 Å². The van der Waals surface area contributed by atoms with Crippen LogP contribution in [0.5, 0.6) is 5.75 Å². The van der Waals surface area contributed by atoms with Crippen molar-refractivity contribution in [2.45, 2.75) is 69.7 Å². The fourth-order valence-corrected chi connectivity index (χ4v) is 3.52. The summed E-state index contributed by atoms with van der Waals surface area (Å²) >= 11 is 0. The van der Waals surface area contributed by atoms with Crippen molar-refractivity contribution in [3.8, 4) is 17.6 Å². The monoisotopic (exact) mass is 372 g/mol. The number of carbonyl (C=O) groups is 1. The first-order chi connectivity index (χ1) is 13.0. The summed E-state index contributed by atoms with van der Waals surface area (Å²) in [5, 5.41) is 27.3. The normalized spacial score (nSPS) is 22.9. The second kappa shape index (κ2) is 10.1. The molecule has 2 aliphatic rings. The van der Waals surface area contributed by atoms with E-state index in [1.165, 1.54) is 6.08 Å². The van der Waals surface area contributed by atoms with Crippen molar-refractivity contribution in [1.29, 1.82) is 0 Å². The van der Waals surface area contributed by atoms with Crippen molar-refractivity contribution in [2.75, 3.05) is 0 Å². The molecule has 5 nitrogen and oxygen atoms in total. The summed E-state index contributed by atoms with van der Waals surface area (Å²) in [6, 6.07) is 5.91. The van der Waals surface area contributed by atoms with E-state index < -0.39 is 5.97 Å². The van der Waals surface area contributed by atoms with Crippen LogP contribution in [0.4, 0.5) is 0 Å². The van der Waals surface area contributed by atoms with Crippen LogP contribution in [0.2, 0.25) is 0 Å². The zero-order valence-corrected chi connectivity index (χ0v) is 15.7. The van der Waals surface area contributed by atoms with Gasteiger partial charge in [-0.25, -0.2) is 0 Å². The van der Waals surface area contributed by atoms with Crippen LogP contribution in [-0.2, 0) is 11.2 Å². The fraction of sp³-hybridized carbons (Fsp3) is 0.500. The molecule has 5 heteroatoms. The largest absolute Gasteiger partial charge is 0.489 e. The van der Waals surface area contributed by atoms with Gasteiger partial charge in [0.15, 0.2) is 0 Å². The smallest absolute Gasteiger partial charge is 0.303 e. The van der Waals surface area contributed by atoms with Gasteiger partial charge in [0.25, 0.3) is 0 Å². The van der Waals surface area contributed by atoms with E-state index in [9.17, 15) is 9.90 Å². The summed E-state index contributed by atoms with van der Waals surface area (Å²) < 4.78 is 5.91. The molecule has 1 aliphatic heterocycles. The Labute approximate surface area is 160 Å². The van der Waals surface area contributed by atoms with Crippen LogP contribution >= 0.6 is 0 Å². The minimum absolute atomic E-state index is 0.0704. The first-order valence-electron chi connectivity index (χ1n) is 9.34. The molecule has 0 spiro atoms. The van der Waals surface area contributed by atoms with Gasteiger partial charge in [-0.1, -0.05) is 24.3 Å². The van der Waals surface area contributed by atoms with Gasteiger partial charge in [-0.2, -0.15) is 0 Å². The number of carboxylic acids is 1. The van der Waals surface area contributed by atoms with Gasteiger partial charge in [0, 0.05) is 30.7 Å². The lowest BCUT2D eigenvalue weighted by Crippen LogP contribution is -2.13. The third-order valence-electron chi connectivity index (χ3n) is 4.90. The number of hydrogen-bond acceptors (Lipinski definition) is 4. The van der Waals surface area contributed by atoms with E-state index in [-0.39, 0.29) is 30.7 Å². The lowest BCUT2D eigenvalue weighted by molar-refractivity contribution is -0.136. The highest BCUT2D eigenvalue weighted by atomic mass is 16.5. The molecule has 1 aromatic rings. The van der Waals surface area contributed by atoms with Gasteiger partial charge in [-0.05, 0) is 31.7 Å². The lowest BCUT2D eigenvalue weighted by Gasteiger charge is -2.11. The average molecular weight is 372 g/mol. The van der Waals surface area contributed by atoms with Crippen LogP contribution in [0.15, 0.2) is 30.9 Å². The Morgan fingerprint density at radius 1 is 1.44 bits per heavy atom. The quantitative estimate of drug-likeness (QED) is 0.528.